The van der Waals surface area contributed by atoms with E-state index in [0.29, 0.717) is 0 Å². The molecule has 0 heterocycles. The van der Waals surface area contributed by atoms with Gasteiger partial charge in [0, 0.05) is 5.70 Å². The van der Waals surface area contributed by atoms with Crippen molar-refractivity contribution in [1.29, 1.82) is 0 Å². The molecule has 3 N–H and O–H groups in total. The van der Waals surface area contributed by atoms with Crippen molar-refractivity contribution < 1.29 is 0 Å². The summed E-state index contributed by atoms with van der Waals surface area (Å²) < 4.78 is 0. The van der Waals surface area contributed by atoms with Gasteiger partial charge >= 0.3 is 0 Å². The van der Waals surface area contributed by atoms with Gasteiger partial charge in [-0.15, -0.1) is 0 Å². The van der Waals surface area contributed by atoms with E-state index in [1.54, 1.807) is 0 Å². The number of nitrogens with two attached hydrogens (primary N) is 1. The topological polar surface area (TPSA) is 38.0 Å². The second kappa shape index (κ2) is 4.34. The maximum Gasteiger partial charge on any atom is 0.0219 e. The minimum atomic E-state index is 1.14. The van der Waals surface area contributed by atoms with Crippen LogP contribution in [0.2, 0.25) is 0 Å². The van der Waals surface area contributed by atoms with E-state index in [9.17, 15) is 0 Å². The molecular formula is C8H16N2. The highest BCUT2D eigenvalue weighted by Crippen LogP contribution is 2.14. The first-order valence-corrected chi connectivity index (χ1v) is 4.09. The molecule has 0 spiro atoms. The lowest BCUT2D eigenvalue weighted by atomic mass is 10.0. The minimum absolute atomic E-state index is 1.14. The van der Waals surface area contributed by atoms with Gasteiger partial charge in [0.2, 0.25) is 0 Å². The van der Waals surface area contributed by atoms with Gasteiger partial charge in [0.1, 0.15) is 0 Å². The van der Waals surface area contributed by atoms with Crippen molar-refractivity contribution in [3.63, 3.8) is 0 Å². The Morgan fingerprint density at radius 3 is 2.80 bits per heavy atom. The Morgan fingerprint density at radius 2 is 2.00 bits per heavy atom. The van der Waals surface area contributed by atoms with Crippen LogP contribution in [0.25, 0.3) is 0 Å². The molecule has 0 atom stereocenters. The van der Waals surface area contributed by atoms with Gasteiger partial charge in [0.15, 0.2) is 0 Å². The summed E-state index contributed by atoms with van der Waals surface area (Å²) in [6.07, 6.45) is 9.91. The van der Waals surface area contributed by atoms with Crippen molar-refractivity contribution >= 4 is 0 Å². The maximum absolute atomic E-state index is 5.31. The summed E-state index contributed by atoms with van der Waals surface area (Å²) in [6.45, 7) is 0. The number of hydrogen-bond acceptors (Lipinski definition) is 2. The van der Waals surface area contributed by atoms with E-state index in [-0.39, 0.29) is 0 Å². The van der Waals surface area contributed by atoms with Crippen molar-refractivity contribution in [2.75, 3.05) is 0 Å². The molecule has 0 aromatic carbocycles. The Morgan fingerprint density at radius 1 is 1.20 bits per heavy atom. The molecule has 0 aromatic heterocycles. The fraction of sp³-hybridized carbons (Fsp3) is 0.750. The van der Waals surface area contributed by atoms with Crippen LogP contribution in [0.1, 0.15) is 38.5 Å². The van der Waals surface area contributed by atoms with Crippen LogP contribution in [-0.2, 0) is 0 Å². The zero-order chi connectivity index (χ0) is 7.23. The molecule has 0 radical (unpaired) electrons. The van der Waals surface area contributed by atoms with Gasteiger partial charge in [0.05, 0.1) is 0 Å². The number of hydrogen-bond donors (Lipinski definition) is 2. The van der Waals surface area contributed by atoms with Crippen LogP contribution in [0, 0.1) is 0 Å². The van der Waals surface area contributed by atoms with Crippen molar-refractivity contribution in [2.45, 2.75) is 38.5 Å². The SMILES string of the molecule is NN/C1=C/CCCCCC1. The summed E-state index contributed by atoms with van der Waals surface area (Å²) >= 11 is 0. The van der Waals surface area contributed by atoms with E-state index in [1.807, 2.05) is 0 Å². The van der Waals surface area contributed by atoms with Crippen LogP contribution in [0.5, 0.6) is 0 Å². The van der Waals surface area contributed by atoms with E-state index in [4.69, 9.17) is 5.84 Å². The van der Waals surface area contributed by atoms with Crippen LogP contribution in [0.3, 0.4) is 0 Å². The molecule has 0 amide bonds. The first-order valence-electron chi connectivity index (χ1n) is 4.09. The van der Waals surface area contributed by atoms with Gasteiger partial charge in [0.25, 0.3) is 0 Å². The molecule has 0 bridgehead atoms. The van der Waals surface area contributed by atoms with Gasteiger partial charge in [-0.05, 0) is 25.7 Å². The molecule has 2 nitrogen and oxygen atoms in total. The van der Waals surface area contributed by atoms with E-state index in [1.165, 1.54) is 37.8 Å². The molecule has 58 valence electrons. The molecule has 1 rings (SSSR count). The first-order chi connectivity index (χ1) is 4.93. The highest BCUT2D eigenvalue weighted by Gasteiger charge is 1.98. The first kappa shape index (κ1) is 7.61. The zero-order valence-corrected chi connectivity index (χ0v) is 6.40. The van der Waals surface area contributed by atoms with Gasteiger partial charge in [-0.25, -0.2) is 0 Å². The fourth-order valence-corrected chi connectivity index (χ4v) is 1.32. The van der Waals surface area contributed by atoms with Crippen LogP contribution >= 0.6 is 0 Å². The molecule has 0 aromatic rings. The predicted molar refractivity (Wildman–Crippen MR) is 43.1 cm³/mol. The van der Waals surface area contributed by atoms with Gasteiger partial charge in [-0.1, -0.05) is 18.9 Å². The summed E-state index contributed by atoms with van der Waals surface area (Å²) in [7, 11) is 0. The highest BCUT2D eigenvalue weighted by molar-refractivity contribution is 4.98. The lowest BCUT2D eigenvalue weighted by Gasteiger charge is -2.09. The second-order valence-corrected chi connectivity index (χ2v) is 2.83. The number of hydrazine groups is 1. The summed E-state index contributed by atoms with van der Waals surface area (Å²) in [6, 6.07) is 0. The van der Waals surface area contributed by atoms with E-state index < -0.39 is 0 Å². The Labute approximate surface area is 62.5 Å². The molecule has 0 saturated heterocycles. The third kappa shape index (κ3) is 2.40. The van der Waals surface area contributed by atoms with Gasteiger partial charge < -0.3 is 5.43 Å². The molecule has 0 saturated carbocycles. The van der Waals surface area contributed by atoms with Gasteiger partial charge in [-0.2, -0.15) is 0 Å². The average molecular weight is 140 g/mol. The largest absolute Gasteiger partial charge is 0.329 e. The molecule has 0 unspecified atom stereocenters. The van der Waals surface area contributed by atoms with Crippen molar-refractivity contribution in [1.82, 2.24) is 5.43 Å². The molecule has 0 fully saturated rings. The summed E-state index contributed by atoms with van der Waals surface area (Å²) in [4.78, 5) is 0. The molecule has 1 aliphatic carbocycles. The number of rotatable bonds is 1. The summed E-state index contributed by atoms with van der Waals surface area (Å²) in [5, 5.41) is 0. The van der Waals surface area contributed by atoms with Crippen molar-refractivity contribution in [3.05, 3.63) is 11.8 Å². The van der Waals surface area contributed by atoms with Crippen LogP contribution in [-0.4, -0.2) is 0 Å². The third-order valence-electron chi connectivity index (χ3n) is 1.98. The normalized spacial score (nSPS) is 25.9. The summed E-state index contributed by atoms with van der Waals surface area (Å²) in [5.74, 6) is 5.31. The predicted octanol–water partition coefficient (Wildman–Crippen LogP) is 1.69. The van der Waals surface area contributed by atoms with Crippen LogP contribution in [0.15, 0.2) is 11.8 Å². The zero-order valence-electron chi connectivity index (χ0n) is 6.40. The Balaban J connectivity index is 2.35. The van der Waals surface area contributed by atoms with Crippen molar-refractivity contribution in [3.8, 4) is 0 Å². The molecule has 0 aliphatic heterocycles. The van der Waals surface area contributed by atoms with E-state index >= 15 is 0 Å². The Bertz CT molecular complexity index is 118. The molecule has 1 aliphatic rings. The monoisotopic (exact) mass is 140 g/mol. The van der Waals surface area contributed by atoms with Crippen molar-refractivity contribution in [2.24, 2.45) is 5.84 Å². The number of allylic oxidation sites excluding steroid dienone is 2. The maximum atomic E-state index is 5.31. The highest BCUT2D eigenvalue weighted by atomic mass is 15.2. The lowest BCUT2D eigenvalue weighted by molar-refractivity contribution is 0.603. The lowest BCUT2D eigenvalue weighted by Crippen LogP contribution is -2.21. The van der Waals surface area contributed by atoms with E-state index in [2.05, 4.69) is 11.5 Å². The molecular weight excluding hydrogens is 124 g/mol. The average Bonchev–Trinajstić information content (AvgIpc) is 1.87. The molecule has 2 heteroatoms. The third-order valence-corrected chi connectivity index (χ3v) is 1.98. The summed E-state index contributed by atoms with van der Waals surface area (Å²) in [5.41, 5.74) is 3.95. The fourth-order valence-electron chi connectivity index (χ4n) is 1.32. The van der Waals surface area contributed by atoms with Gasteiger partial charge in [-0.3, -0.25) is 5.84 Å². The second-order valence-electron chi connectivity index (χ2n) is 2.83. The Hall–Kier alpha value is -0.500. The van der Waals surface area contributed by atoms with E-state index in [0.717, 1.165) is 6.42 Å². The smallest absolute Gasteiger partial charge is 0.0219 e. The van der Waals surface area contributed by atoms with Crippen LogP contribution in [0.4, 0.5) is 0 Å². The Kier molecular flexibility index (Phi) is 3.30. The standard InChI is InChI=1S/C8H16N2/c9-10-8-6-4-2-1-3-5-7-8/h6,10H,1-5,7,9H2/b8-6+. The molecule has 10 heavy (non-hydrogen) atoms. The number of nitrogens with one attached hydrogen (secondary N) is 1. The quantitative estimate of drug-likeness (QED) is 0.429. The van der Waals surface area contributed by atoms with Crippen LogP contribution < -0.4 is 11.3 Å². The minimum Gasteiger partial charge on any atom is -0.329 e.